The molecule has 0 aliphatic carbocycles. The highest BCUT2D eigenvalue weighted by Crippen LogP contribution is 2.17. The van der Waals surface area contributed by atoms with Gasteiger partial charge in [-0.15, -0.1) is 0 Å². The molecule has 1 aromatic carbocycles. The number of methoxy groups -OCH3 is 1. The first-order valence-corrected chi connectivity index (χ1v) is 3.43. The summed E-state index contributed by atoms with van der Waals surface area (Å²) in [6.45, 7) is 1.98. The highest BCUT2D eigenvalue weighted by atomic mass is 16.5. The fourth-order valence-electron chi connectivity index (χ4n) is 0.926. The summed E-state index contributed by atoms with van der Waals surface area (Å²) in [5.41, 5.74) is 1.96. The van der Waals surface area contributed by atoms with E-state index in [4.69, 9.17) is 10.1 Å². The number of aryl methyl sites for hydroxylation is 1. The summed E-state index contributed by atoms with van der Waals surface area (Å²) in [7, 11) is 1.63. The quantitative estimate of drug-likeness (QED) is 0.641. The first-order valence-electron chi connectivity index (χ1n) is 3.43. The molecular formula is C9H11NO. The van der Waals surface area contributed by atoms with E-state index in [9.17, 15) is 0 Å². The number of nitrogens with one attached hydrogen (secondary N) is 1. The third kappa shape index (κ3) is 1.58. The first kappa shape index (κ1) is 7.79. The van der Waals surface area contributed by atoms with Crippen LogP contribution in [0.2, 0.25) is 0 Å². The van der Waals surface area contributed by atoms with Gasteiger partial charge in [0.05, 0.1) is 7.11 Å². The van der Waals surface area contributed by atoms with Crippen molar-refractivity contribution in [1.82, 2.24) is 0 Å². The number of benzene rings is 1. The van der Waals surface area contributed by atoms with Crippen molar-refractivity contribution < 1.29 is 4.74 Å². The lowest BCUT2D eigenvalue weighted by molar-refractivity contribution is 0.411. The van der Waals surface area contributed by atoms with Gasteiger partial charge in [-0.25, -0.2) is 0 Å². The molecule has 0 saturated heterocycles. The Labute approximate surface area is 66.3 Å². The summed E-state index contributed by atoms with van der Waals surface area (Å²) in [6, 6.07) is 5.69. The molecule has 11 heavy (non-hydrogen) atoms. The fourth-order valence-corrected chi connectivity index (χ4v) is 0.926. The molecule has 2 heteroatoms. The van der Waals surface area contributed by atoms with E-state index in [-0.39, 0.29) is 0 Å². The van der Waals surface area contributed by atoms with E-state index in [1.807, 2.05) is 25.1 Å². The smallest absolute Gasteiger partial charge is 0.122 e. The molecule has 0 atom stereocenters. The second-order valence-corrected chi connectivity index (χ2v) is 2.37. The molecule has 0 aromatic heterocycles. The predicted molar refractivity (Wildman–Crippen MR) is 45.6 cm³/mol. The highest BCUT2D eigenvalue weighted by molar-refractivity contribution is 5.77. The lowest BCUT2D eigenvalue weighted by Crippen LogP contribution is -1.88. The average Bonchev–Trinajstić information content (AvgIpc) is 2.05. The van der Waals surface area contributed by atoms with Crippen molar-refractivity contribution in [2.75, 3.05) is 7.11 Å². The van der Waals surface area contributed by atoms with E-state index < -0.39 is 0 Å². The predicted octanol–water partition coefficient (Wildman–Crippen LogP) is 2.00. The molecule has 2 nitrogen and oxygen atoms in total. The number of ether oxygens (including phenoxy) is 1. The SMILES string of the molecule is COc1cc(C=N)ccc1C. The lowest BCUT2D eigenvalue weighted by Gasteiger charge is -2.03. The van der Waals surface area contributed by atoms with E-state index in [1.165, 1.54) is 6.21 Å². The number of hydrogen-bond donors (Lipinski definition) is 1. The standard InChI is InChI=1S/C9H11NO/c1-7-3-4-8(6-10)5-9(7)11-2/h3-6,10H,1-2H3. The van der Waals surface area contributed by atoms with Crippen molar-refractivity contribution in [2.24, 2.45) is 0 Å². The van der Waals surface area contributed by atoms with E-state index in [1.54, 1.807) is 7.11 Å². The summed E-state index contributed by atoms with van der Waals surface area (Å²) in [4.78, 5) is 0. The lowest BCUT2D eigenvalue weighted by atomic mass is 10.1. The monoisotopic (exact) mass is 149 g/mol. The van der Waals surface area contributed by atoms with Crippen LogP contribution in [0.1, 0.15) is 11.1 Å². The summed E-state index contributed by atoms with van der Waals surface area (Å²) >= 11 is 0. The molecule has 1 N–H and O–H groups in total. The summed E-state index contributed by atoms with van der Waals surface area (Å²) in [5, 5.41) is 7.01. The maximum absolute atomic E-state index is 7.01. The maximum atomic E-state index is 7.01. The average molecular weight is 149 g/mol. The van der Waals surface area contributed by atoms with Crippen molar-refractivity contribution in [3.8, 4) is 5.75 Å². The zero-order valence-electron chi connectivity index (χ0n) is 6.72. The van der Waals surface area contributed by atoms with Crippen LogP contribution in [0.3, 0.4) is 0 Å². The van der Waals surface area contributed by atoms with Gasteiger partial charge in [0.2, 0.25) is 0 Å². The molecule has 0 radical (unpaired) electrons. The maximum Gasteiger partial charge on any atom is 0.122 e. The van der Waals surface area contributed by atoms with Crippen LogP contribution in [0.25, 0.3) is 0 Å². The second-order valence-electron chi connectivity index (χ2n) is 2.37. The molecule has 0 aliphatic heterocycles. The molecule has 0 amide bonds. The molecule has 1 aromatic rings. The summed E-state index contributed by atoms with van der Waals surface area (Å²) in [5.74, 6) is 0.839. The van der Waals surface area contributed by atoms with E-state index >= 15 is 0 Å². The van der Waals surface area contributed by atoms with Gasteiger partial charge in [0.1, 0.15) is 5.75 Å². The Balaban J connectivity index is 3.12. The van der Waals surface area contributed by atoms with Gasteiger partial charge in [0.15, 0.2) is 0 Å². The van der Waals surface area contributed by atoms with Crippen molar-refractivity contribution >= 4 is 6.21 Å². The van der Waals surface area contributed by atoms with Crippen LogP contribution in [-0.2, 0) is 0 Å². The minimum absolute atomic E-state index is 0.839. The van der Waals surface area contributed by atoms with Crippen molar-refractivity contribution in [3.05, 3.63) is 29.3 Å². The normalized spacial score (nSPS) is 9.27. The van der Waals surface area contributed by atoms with E-state index in [0.29, 0.717) is 0 Å². The molecule has 0 fully saturated rings. The van der Waals surface area contributed by atoms with Crippen molar-refractivity contribution in [2.45, 2.75) is 6.92 Å². The van der Waals surface area contributed by atoms with Crippen LogP contribution < -0.4 is 4.74 Å². The minimum atomic E-state index is 0.839. The zero-order valence-corrected chi connectivity index (χ0v) is 6.72. The van der Waals surface area contributed by atoms with Crippen molar-refractivity contribution in [3.63, 3.8) is 0 Å². The van der Waals surface area contributed by atoms with Crippen LogP contribution >= 0.6 is 0 Å². The van der Waals surface area contributed by atoms with E-state index in [0.717, 1.165) is 16.9 Å². The largest absolute Gasteiger partial charge is 0.496 e. The number of rotatable bonds is 2. The first-order chi connectivity index (χ1) is 5.27. The molecule has 0 heterocycles. The zero-order chi connectivity index (χ0) is 8.27. The van der Waals surface area contributed by atoms with E-state index in [2.05, 4.69) is 0 Å². The van der Waals surface area contributed by atoms with Gasteiger partial charge in [-0.1, -0.05) is 12.1 Å². The van der Waals surface area contributed by atoms with Crippen LogP contribution in [0, 0.1) is 12.3 Å². The van der Waals surface area contributed by atoms with Gasteiger partial charge in [-0.2, -0.15) is 0 Å². The molecule has 0 spiro atoms. The Hall–Kier alpha value is -1.31. The third-order valence-corrected chi connectivity index (χ3v) is 1.60. The molecule has 58 valence electrons. The van der Waals surface area contributed by atoms with Gasteiger partial charge < -0.3 is 10.1 Å². The van der Waals surface area contributed by atoms with Gasteiger partial charge in [0.25, 0.3) is 0 Å². The Bertz CT molecular complexity index is 268. The second kappa shape index (κ2) is 3.19. The minimum Gasteiger partial charge on any atom is -0.496 e. The number of hydrogen-bond acceptors (Lipinski definition) is 2. The Kier molecular flexibility index (Phi) is 2.26. The van der Waals surface area contributed by atoms with Crippen LogP contribution in [0.4, 0.5) is 0 Å². The Morgan fingerprint density at radius 1 is 1.45 bits per heavy atom. The topological polar surface area (TPSA) is 33.1 Å². The van der Waals surface area contributed by atoms with Crippen LogP contribution in [0.5, 0.6) is 5.75 Å². The summed E-state index contributed by atoms with van der Waals surface area (Å²) < 4.78 is 5.08. The van der Waals surface area contributed by atoms with Crippen LogP contribution in [-0.4, -0.2) is 13.3 Å². The molecular weight excluding hydrogens is 138 g/mol. The van der Waals surface area contributed by atoms with Gasteiger partial charge in [0, 0.05) is 6.21 Å². The Morgan fingerprint density at radius 2 is 2.18 bits per heavy atom. The third-order valence-electron chi connectivity index (χ3n) is 1.60. The summed E-state index contributed by atoms with van der Waals surface area (Å²) in [6.07, 6.45) is 1.31. The van der Waals surface area contributed by atoms with Gasteiger partial charge >= 0.3 is 0 Å². The molecule has 0 saturated carbocycles. The van der Waals surface area contributed by atoms with Gasteiger partial charge in [-0.3, -0.25) is 0 Å². The van der Waals surface area contributed by atoms with Crippen molar-refractivity contribution in [1.29, 1.82) is 5.41 Å². The molecule has 0 aliphatic rings. The molecule has 1 rings (SSSR count). The van der Waals surface area contributed by atoms with Gasteiger partial charge in [-0.05, 0) is 24.1 Å². The fraction of sp³-hybridized carbons (Fsp3) is 0.222. The molecule has 0 bridgehead atoms. The highest BCUT2D eigenvalue weighted by Gasteiger charge is 1.96. The Morgan fingerprint density at radius 3 is 2.73 bits per heavy atom. The molecule has 0 unspecified atom stereocenters. The van der Waals surface area contributed by atoms with Crippen LogP contribution in [0.15, 0.2) is 18.2 Å².